The van der Waals surface area contributed by atoms with Crippen LogP contribution < -0.4 is 10.6 Å². The SMILES string of the molecule is Cc1cnc(CNC(=O)NCCCCCC(=O)O)s1. The lowest BCUT2D eigenvalue weighted by Crippen LogP contribution is -2.35. The van der Waals surface area contributed by atoms with Gasteiger partial charge in [0.05, 0.1) is 6.54 Å². The van der Waals surface area contributed by atoms with E-state index in [2.05, 4.69) is 15.6 Å². The minimum atomic E-state index is -0.774. The highest BCUT2D eigenvalue weighted by Crippen LogP contribution is 2.10. The summed E-state index contributed by atoms with van der Waals surface area (Å²) in [5.41, 5.74) is 0. The minimum Gasteiger partial charge on any atom is -0.481 e. The number of rotatable bonds is 8. The number of hydrogen-bond acceptors (Lipinski definition) is 4. The Morgan fingerprint density at radius 2 is 2.11 bits per heavy atom. The molecule has 1 rings (SSSR count). The van der Waals surface area contributed by atoms with Crippen molar-refractivity contribution >= 4 is 23.3 Å². The molecule has 0 aliphatic rings. The van der Waals surface area contributed by atoms with Crippen LogP contribution in [0, 0.1) is 6.92 Å². The monoisotopic (exact) mass is 285 g/mol. The Hall–Kier alpha value is -1.63. The third kappa shape index (κ3) is 7.40. The van der Waals surface area contributed by atoms with E-state index in [-0.39, 0.29) is 12.5 Å². The lowest BCUT2D eigenvalue weighted by Gasteiger charge is -2.05. The molecule has 0 aliphatic heterocycles. The molecular formula is C12H19N3O3S. The molecule has 0 saturated heterocycles. The molecule has 0 aliphatic carbocycles. The molecule has 0 saturated carbocycles. The number of carbonyl (C=O) groups is 2. The van der Waals surface area contributed by atoms with Crippen LogP contribution in [0.15, 0.2) is 6.20 Å². The summed E-state index contributed by atoms with van der Waals surface area (Å²) in [6.07, 6.45) is 4.21. The molecule has 0 atom stereocenters. The summed E-state index contributed by atoms with van der Waals surface area (Å²) in [5, 5.41) is 14.8. The molecular weight excluding hydrogens is 266 g/mol. The fourth-order valence-electron chi connectivity index (χ4n) is 1.48. The number of carboxylic acid groups (broad SMARTS) is 1. The van der Waals surface area contributed by atoms with Crippen molar-refractivity contribution in [1.29, 1.82) is 0 Å². The number of thiazole rings is 1. The molecule has 106 valence electrons. The molecule has 6 nitrogen and oxygen atoms in total. The van der Waals surface area contributed by atoms with Crippen molar-refractivity contribution in [1.82, 2.24) is 15.6 Å². The standard InChI is InChI=1S/C12H19N3O3S/c1-9-7-14-10(19-9)8-15-12(18)13-6-4-2-3-5-11(16)17/h7H,2-6,8H2,1H3,(H,16,17)(H2,13,15,18). The first-order valence-electron chi connectivity index (χ1n) is 6.22. The van der Waals surface area contributed by atoms with Gasteiger partial charge in [0.1, 0.15) is 5.01 Å². The maximum atomic E-state index is 11.4. The maximum Gasteiger partial charge on any atom is 0.315 e. The van der Waals surface area contributed by atoms with Crippen LogP contribution in [0.1, 0.15) is 35.6 Å². The number of unbranched alkanes of at least 4 members (excludes halogenated alkanes) is 2. The molecule has 3 N–H and O–H groups in total. The lowest BCUT2D eigenvalue weighted by molar-refractivity contribution is -0.137. The van der Waals surface area contributed by atoms with Crippen LogP contribution in [0.2, 0.25) is 0 Å². The highest BCUT2D eigenvalue weighted by atomic mass is 32.1. The number of nitrogens with one attached hydrogen (secondary N) is 2. The first kappa shape index (κ1) is 15.4. The van der Waals surface area contributed by atoms with Crippen molar-refractivity contribution < 1.29 is 14.7 Å². The summed E-state index contributed by atoms with van der Waals surface area (Å²) >= 11 is 1.56. The number of aromatic nitrogens is 1. The topological polar surface area (TPSA) is 91.3 Å². The Balaban J connectivity index is 2.00. The molecule has 0 unspecified atom stereocenters. The smallest absolute Gasteiger partial charge is 0.315 e. The Labute approximate surface area is 116 Å². The van der Waals surface area contributed by atoms with Crippen molar-refractivity contribution in [3.63, 3.8) is 0 Å². The van der Waals surface area contributed by atoms with Gasteiger partial charge < -0.3 is 15.7 Å². The maximum absolute atomic E-state index is 11.4. The van der Waals surface area contributed by atoms with E-state index in [1.165, 1.54) is 0 Å². The fourth-order valence-corrected chi connectivity index (χ4v) is 2.21. The van der Waals surface area contributed by atoms with Crippen molar-refractivity contribution in [3.05, 3.63) is 16.1 Å². The summed E-state index contributed by atoms with van der Waals surface area (Å²) in [7, 11) is 0. The Kier molecular flexibility index (Phi) is 6.88. The highest BCUT2D eigenvalue weighted by molar-refractivity contribution is 7.11. The number of carbonyl (C=O) groups excluding carboxylic acids is 1. The first-order chi connectivity index (χ1) is 9.08. The molecule has 1 aromatic rings. The first-order valence-corrected chi connectivity index (χ1v) is 7.04. The number of aryl methyl sites for hydroxylation is 1. The summed E-state index contributed by atoms with van der Waals surface area (Å²) in [6.45, 7) is 2.96. The summed E-state index contributed by atoms with van der Waals surface area (Å²) in [4.78, 5) is 27.0. The fraction of sp³-hybridized carbons (Fsp3) is 0.583. The van der Waals surface area contributed by atoms with E-state index < -0.39 is 5.97 Å². The second kappa shape index (κ2) is 8.47. The van der Waals surface area contributed by atoms with Crippen molar-refractivity contribution in [2.24, 2.45) is 0 Å². The van der Waals surface area contributed by atoms with Gasteiger partial charge in [-0.15, -0.1) is 11.3 Å². The average Bonchev–Trinajstić information content (AvgIpc) is 2.76. The largest absolute Gasteiger partial charge is 0.481 e. The third-order valence-electron chi connectivity index (χ3n) is 2.42. The molecule has 0 fully saturated rings. The average molecular weight is 285 g/mol. The normalized spacial score (nSPS) is 10.2. The molecule has 0 radical (unpaired) electrons. The van der Waals surface area contributed by atoms with Gasteiger partial charge in [0.25, 0.3) is 0 Å². The Bertz CT molecular complexity index is 420. The number of urea groups is 1. The van der Waals surface area contributed by atoms with Crippen LogP contribution in [0.3, 0.4) is 0 Å². The second-order valence-corrected chi connectivity index (χ2v) is 5.50. The van der Waals surface area contributed by atoms with E-state index in [1.807, 2.05) is 6.92 Å². The van der Waals surface area contributed by atoms with Crippen LogP contribution in [-0.4, -0.2) is 28.6 Å². The zero-order chi connectivity index (χ0) is 14.1. The molecule has 0 spiro atoms. The van der Waals surface area contributed by atoms with E-state index in [9.17, 15) is 9.59 Å². The van der Waals surface area contributed by atoms with Crippen molar-refractivity contribution in [3.8, 4) is 0 Å². The van der Waals surface area contributed by atoms with Gasteiger partial charge in [-0.25, -0.2) is 9.78 Å². The zero-order valence-corrected chi connectivity index (χ0v) is 11.8. The predicted octanol–water partition coefficient (Wildman–Crippen LogP) is 1.90. The lowest BCUT2D eigenvalue weighted by atomic mass is 10.2. The zero-order valence-electron chi connectivity index (χ0n) is 10.9. The molecule has 7 heteroatoms. The minimum absolute atomic E-state index is 0.190. The van der Waals surface area contributed by atoms with Gasteiger partial charge in [0, 0.05) is 24.0 Å². The van der Waals surface area contributed by atoms with Crippen LogP contribution in [0.5, 0.6) is 0 Å². The predicted molar refractivity (Wildman–Crippen MR) is 73.2 cm³/mol. The third-order valence-corrected chi connectivity index (χ3v) is 3.34. The van der Waals surface area contributed by atoms with Gasteiger partial charge >= 0.3 is 12.0 Å². The van der Waals surface area contributed by atoms with Gasteiger partial charge in [0.15, 0.2) is 0 Å². The van der Waals surface area contributed by atoms with Gasteiger partial charge in [-0.2, -0.15) is 0 Å². The van der Waals surface area contributed by atoms with Crippen LogP contribution in [0.4, 0.5) is 4.79 Å². The van der Waals surface area contributed by atoms with E-state index in [4.69, 9.17) is 5.11 Å². The Morgan fingerprint density at radius 3 is 2.74 bits per heavy atom. The molecule has 0 aromatic carbocycles. The van der Waals surface area contributed by atoms with Crippen LogP contribution >= 0.6 is 11.3 Å². The van der Waals surface area contributed by atoms with Gasteiger partial charge in [-0.1, -0.05) is 6.42 Å². The molecule has 1 aromatic heterocycles. The van der Waals surface area contributed by atoms with E-state index >= 15 is 0 Å². The summed E-state index contributed by atoms with van der Waals surface area (Å²) in [6, 6.07) is -0.217. The van der Waals surface area contributed by atoms with Gasteiger partial charge in [0.2, 0.25) is 0 Å². The van der Waals surface area contributed by atoms with Crippen LogP contribution in [0.25, 0.3) is 0 Å². The van der Waals surface area contributed by atoms with Gasteiger partial charge in [-0.05, 0) is 19.8 Å². The molecule has 19 heavy (non-hydrogen) atoms. The van der Waals surface area contributed by atoms with Crippen LogP contribution in [-0.2, 0) is 11.3 Å². The number of nitrogens with zero attached hydrogens (tertiary/aromatic N) is 1. The van der Waals surface area contributed by atoms with E-state index in [0.29, 0.717) is 19.5 Å². The number of aliphatic carboxylic acids is 1. The van der Waals surface area contributed by atoms with Crippen molar-refractivity contribution in [2.45, 2.75) is 39.2 Å². The van der Waals surface area contributed by atoms with Crippen molar-refractivity contribution in [2.75, 3.05) is 6.54 Å². The second-order valence-electron chi connectivity index (χ2n) is 4.18. The van der Waals surface area contributed by atoms with E-state index in [1.54, 1.807) is 17.5 Å². The molecule has 2 amide bonds. The van der Waals surface area contributed by atoms with E-state index in [0.717, 1.165) is 22.7 Å². The quantitative estimate of drug-likeness (QED) is 0.636. The molecule has 0 bridgehead atoms. The summed E-state index contributed by atoms with van der Waals surface area (Å²) < 4.78 is 0. The van der Waals surface area contributed by atoms with Gasteiger partial charge in [-0.3, -0.25) is 4.79 Å². The Morgan fingerprint density at radius 1 is 1.32 bits per heavy atom. The number of amides is 2. The number of carboxylic acids is 1. The summed E-state index contributed by atoms with van der Waals surface area (Å²) in [5.74, 6) is -0.774. The molecule has 1 heterocycles. The highest BCUT2D eigenvalue weighted by Gasteiger charge is 2.02. The number of hydrogen-bond donors (Lipinski definition) is 3.